The molecular weight excluding hydrogens is 436 g/mol. The summed E-state index contributed by atoms with van der Waals surface area (Å²) in [6, 6.07) is 34.6. The lowest BCUT2D eigenvalue weighted by molar-refractivity contribution is 0.0928. The zero-order valence-corrected chi connectivity index (χ0v) is 19.0. The zero-order chi connectivity index (χ0) is 24.2. The third-order valence-electron chi connectivity index (χ3n) is 5.91. The highest BCUT2D eigenvalue weighted by Gasteiger charge is 2.24. The Kier molecular flexibility index (Phi) is 6.09. The van der Waals surface area contributed by atoms with Crippen molar-refractivity contribution in [3.8, 4) is 0 Å². The van der Waals surface area contributed by atoms with Gasteiger partial charge in [0.15, 0.2) is 5.69 Å². The average molecular weight is 461 g/mol. The van der Waals surface area contributed by atoms with Crippen LogP contribution in [0.3, 0.4) is 0 Å². The molecule has 3 N–H and O–H groups in total. The van der Waals surface area contributed by atoms with Crippen LogP contribution < -0.4 is 11.1 Å². The number of amides is 2. The van der Waals surface area contributed by atoms with E-state index in [1.165, 1.54) is 5.56 Å². The highest BCUT2D eigenvalue weighted by Crippen LogP contribution is 2.26. The van der Waals surface area contributed by atoms with E-state index < -0.39 is 12.1 Å². The number of fused-ring (bicyclic) bond motifs is 1. The van der Waals surface area contributed by atoms with Crippen molar-refractivity contribution in [2.75, 3.05) is 0 Å². The van der Waals surface area contributed by atoms with E-state index in [0.29, 0.717) is 16.5 Å². The summed E-state index contributed by atoms with van der Waals surface area (Å²) in [6.45, 7) is 0. The smallest absolute Gasteiger partial charge is 0.269 e. The van der Waals surface area contributed by atoms with Crippen molar-refractivity contribution in [2.45, 2.75) is 12.6 Å². The van der Waals surface area contributed by atoms with E-state index >= 15 is 0 Å². The molecule has 0 aliphatic rings. The van der Waals surface area contributed by atoms with E-state index in [-0.39, 0.29) is 11.6 Å². The molecule has 1 atom stereocenters. The molecule has 4 aromatic carbocycles. The number of para-hydroxylation sites is 1. The van der Waals surface area contributed by atoms with Gasteiger partial charge in [-0.15, -0.1) is 0 Å². The van der Waals surface area contributed by atoms with Crippen LogP contribution in [0.5, 0.6) is 0 Å². The first-order chi connectivity index (χ1) is 17.1. The van der Waals surface area contributed by atoms with Gasteiger partial charge in [-0.1, -0.05) is 91.0 Å². The Balaban J connectivity index is 1.60. The summed E-state index contributed by atoms with van der Waals surface area (Å²) in [6.07, 6.45) is 0.0943. The van der Waals surface area contributed by atoms with Crippen LogP contribution in [0, 0.1) is 0 Å². The van der Waals surface area contributed by atoms with Crippen LogP contribution in [0.2, 0.25) is 0 Å². The first kappa shape index (κ1) is 22.1. The van der Waals surface area contributed by atoms with Gasteiger partial charge in [0.2, 0.25) is 0 Å². The molecule has 0 aliphatic carbocycles. The van der Waals surface area contributed by atoms with Crippen molar-refractivity contribution < 1.29 is 9.59 Å². The average Bonchev–Trinajstić information content (AvgIpc) is 3.28. The summed E-state index contributed by atoms with van der Waals surface area (Å²) in [5.41, 5.74) is 10.2. The highest BCUT2D eigenvalue weighted by atomic mass is 16.2. The lowest BCUT2D eigenvalue weighted by Crippen LogP contribution is -2.34. The molecule has 1 aromatic heterocycles. The number of hydrogen-bond acceptors (Lipinski definition) is 3. The van der Waals surface area contributed by atoms with Gasteiger partial charge < -0.3 is 11.1 Å². The van der Waals surface area contributed by atoms with Gasteiger partial charge in [0.1, 0.15) is 6.17 Å². The molecule has 5 aromatic rings. The molecule has 1 heterocycles. The molecule has 2 amide bonds. The number of carbonyl (C=O) groups excluding carboxylic acids is 2. The second-order valence-corrected chi connectivity index (χ2v) is 8.32. The Morgan fingerprint density at radius 3 is 2.20 bits per heavy atom. The molecule has 5 rings (SSSR count). The van der Waals surface area contributed by atoms with Gasteiger partial charge in [-0.05, 0) is 41.3 Å². The number of primary amides is 1. The second-order valence-electron chi connectivity index (χ2n) is 8.32. The van der Waals surface area contributed by atoms with Gasteiger partial charge in [-0.25, -0.2) is 4.68 Å². The van der Waals surface area contributed by atoms with Crippen molar-refractivity contribution in [3.05, 3.63) is 137 Å². The van der Waals surface area contributed by atoms with E-state index in [0.717, 1.165) is 17.5 Å². The number of nitrogens with zero attached hydrogens (tertiary/aromatic N) is 2. The number of rotatable bonds is 7. The van der Waals surface area contributed by atoms with Gasteiger partial charge in [0.05, 0.1) is 5.52 Å². The third kappa shape index (κ3) is 4.68. The predicted molar refractivity (Wildman–Crippen MR) is 136 cm³/mol. The largest absolute Gasteiger partial charge is 0.364 e. The van der Waals surface area contributed by atoms with Gasteiger partial charge >= 0.3 is 0 Å². The second kappa shape index (κ2) is 9.65. The molecule has 0 spiro atoms. The molecule has 0 aliphatic heterocycles. The molecule has 0 fully saturated rings. The Morgan fingerprint density at radius 1 is 0.800 bits per heavy atom. The van der Waals surface area contributed by atoms with Crippen molar-refractivity contribution in [2.24, 2.45) is 5.73 Å². The highest BCUT2D eigenvalue weighted by molar-refractivity contribution is 6.04. The summed E-state index contributed by atoms with van der Waals surface area (Å²) < 4.78 is 1.66. The fraction of sp³-hybridized carbons (Fsp3) is 0.0690. The van der Waals surface area contributed by atoms with E-state index in [1.54, 1.807) is 22.9 Å². The van der Waals surface area contributed by atoms with Crippen LogP contribution in [0.1, 0.15) is 43.7 Å². The van der Waals surface area contributed by atoms with Gasteiger partial charge in [-0.3, -0.25) is 9.59 Å². The van der Waals surface area contributed by atoms with Crippen LogP contribution >= 0.6 is 0 Å². The van der Waals surface area contributed by atoms with E-state index in [4.69, 9.17) is 5.73 Å². The van der Waals surface area contributed by atoms with E-state index in [9.17, 15) is 9.59 Å². The summed E-state index contributed by atoms with van der Waals surface area (Å²) in [7, 11) is 0. The molecular formula is C29H24N4O2. The molecule has 1 unspecified atom stereocenters. The number of nitrogens with two attached hydrogens (primary N) is 1. The molecule has 0 saturated carbocycles. The predicted octanol–water partition coefficient (Wildman–Crippen LogP) is 4.70. The number of carbonyl (C=O) groups is 2. The third-order valence-corrected chi connectivity index (χ3v) is 5.91. The van der Waals surface area contributed by atoms with Crippen LogP contribution in [0.25, 0.3) is 10.9 Å². The Bertz CT molecular complexity index is 1490. The summed E-state index contributed by atoms with van der Waals surface area (Å²) in [5, 5.41) is 8.30. The Hall–Kier alpha value is -4.71. The standard InChI is InChI=1S/C29H24N4O2/c30-27(34)26-24-16-7-8-17-25(24)33(32-26)28(31-29(35)22-13-5-2-6-14-22)23-15-9-12-21(19-23)18-20-10-3-1-4-11-20/h1-17,19,28H,18H2,(H2,30,34)(H,31,35). The minimum absolute atomic E-state index is 0.167. The lowest BCUT2D eigenvalue weighted by Gasteiger charge is -2.22. The lowest BCUT2D eigenvalue weighted by atomic mass is 10.0. The van der Waals surface area contributed by atoms with E-state index in [2.05, 4.69) is 34.7 Å². The van der Waals surface area contributed by atoms with E-state index in [1.807, 2.05) is 66.7 Å². The molecule has 6 nitrogen and oxygen atoms in total. The van der Waals surface area contributed by atoms with Crippen molar-refractivity contribution >= 4 is 22.7 Å². The first-order valence-electron chi connectivity index (χ1n) is 11.4. The van der Waals surface area contributed by atoms with Gasteiger partial charge in [0.25, 0.3) is 11.8 Å². The zero-order valence-electron chi connectivity index (χ0n) is 19.0. The fourth-order valence-corrected chi connectivity index (χ4v) is 4.26. The van der Waals surface area contributed by atoms with Crippen LogP contribution in [0.4, 0.5) is 0 Å². The SMILES string of the molecule is NC(=O)c1nn(C(NC(=O)c2ccccc2)c2cccc(Cc3ccccc3)c2)c2ccccc12. The molecule has 6 heteroatoms. The maximum atomic E-state index is 13.2. The summed E-state index contributed by atoms with van der Waals surface area (Å²) in [5.74, 6) is -0.866. The monoisotopic (exact) mass is 460 g/mol. The Labute approximate surface area is 203 Å². The summed E-state index contributed by atoms with van der Waals surface area (Å²) in [4.78, 5) is 25.4. The number of nitrogens with one attached hydrogen (secondary N) is 1. The topological polar surface area (TPSA) is 90.0 Å². The van der Waals surface area contributed by atoms with Crippen LogP contribution in [-0.2, 0) is 6.42 Å². The van der Waals surface area contributed by atoms with Crippen LogP contribution in [0.15, 0.2) is 109 Å². The molecule has 0 bridgehead atoms. The maximum absolute atomic E-state index is 13.2. The van der Waals surface area contributed by atoms with Crippen molar-refractivity contribution in [1.82, 2.24) is 15.1 Å². The normalized spacial score (nSPS) is 11.8. The summed E-state index contributed by atoms with van der Waals surface area (Å²) >= 11 is 0. The fourth-order valence-electron chi connectivity index (χ4n) is 4.26. The van der Waals surface area contributed by atoms with Gasteiger partial charge in [0, 0.05) is 10.9 Å². The maximum Gasteiger partial charge on any atom is 0.269 e. The quantitative estimate of drug-likeness (QED) is 0.369. The number of hydrogen-bond donors (Lipinski definition) is 2. The minimum atomic E-state index is -0.656. The van der Waals surface area contributed by atoms with Crippen LogP contribution in [-0.4, -0.2) is 21.6 Å². The van der Waals surface area contributed by atoms with Crippen molar-refractivity contribution in [3.63, 3.8) is 0 Å². The molecule has 0 saturated heterocycles. The molecule has 172 valence electrons. The number of benzene rings is 4. The number of aromatic nitrogens is 2. The van der Waals surface area contributed by atoms with Crippen molar-refractivity contribution in [1.29, 1.82) is 0 Å². The molecule has 0 radical (unpaired) electrons. The first-order valence-corrected chi connectivity index (χ1v) is 11.4. The molecule has 35 heavy (non-hydrogen) atoms. The Morgan fingerprint density at radius 2 is 1.46 bits per heavy atom. The van der Waals surface area contributed by atoms with Gasteiger partial charge in [-0.2, -0.15) is 5.10 Å². The minimum Gasteiger partial charge on any atom is -0.364 e.